The SMILES string of the molecule is C=C(C)C(=O)OCCCCCOC(=O)NCCCCCCNC(=O)OCCC[Si](OC)(OC)OC. The number of alkyl carbamates (subject to hydrolysis) is 2. The van der Waals surface area contributed by atoms with E-state index in [1.54, 1.807) is 28.3 Å². The Morgan fingerprint density at radius 1 is 0.657 bits per heavy atom. The van der Waals surface area contributed by atoms with Gasteiger partial charge in [0.25, 0.3) is 0 Å². The summed E-state index contributed by atoms with van der Waals surface area (Å²) in [5.74, 6) is -0.382. The molecule has 0 atom stereocenters. The average Bonchev–Trinajstić information content (AvgIpc) is 2.85. The largest absolute Gasteiger partial charge is 0.500 e. The van der Waals surface area contributed by atoms with E-state index < -0.39 is 21.0 Å². The molecule has 0 aliphatic carbocycles. The van der Waals surface area contributed by atoms with Crippen LogP contribution in [0.25, 0.3) is 0 Å². The summed E-state index contributed by atoms with van der Waals surface area (Å²) in [6.45, 7) is 7.14. The second kappa shape index (κ2) is 21.2. The van der Waals surface area contributed by atoms with Gasteiger partial charge in [0.05, 0.1) is 19.8 Å². The van der Waals surface area contributed by atoms with Crippen LogP contribution < -0.4 is 10.6 Å². The molecular weight excluding hydrogens is 476 g/mol. The predicted octanol–water partition coefficient (Wildman–Crippen LogP) is 3.56. The minimum atomic E-state index is -2.63. The molecule has 0 spiro atoms. The molecule has 0 aromatic rings. The summed E-state index contributed by atoms with van der Waals surface area (Å²) in [6.07, 6.45) is 5.47. The number of nitrogens with one attached hydrogen (secondary N) is 2. The van der Waals surface area contributed by atoms with Gasteiger partial charge >= 0.3 is 27.0 Å². The first kappa shape index (κ1) is 32.8. The van der Waals surface area contributed by atoms with Crippen LogP contribution in [0.4, 0.5) is 9.59 Å². The molecule has 12 heteroatoms. The fourth-order valence-corrected chi connectivity index (χ4v) is 4.62. The Hall–Kier alpha value is -2.15. The van der Waals surface area contributed by atoms with Gasteiger partial charge in [-0.05, 0) is 45.4 Å². The molecule has 0 aromatic heterocycles. The van der Waals surface area contributed by atoms with Gasteiger partial charge < -0.3 is 38.1 Å². The molecule has 35 heavy (non-hydrogen) atoms. The number of unbranched alkanes of at least 4 members (excludes halogenated alkanes) is 5. The summed E-state index contributed by atoms with van der Waals surface area (Å²) in [6, 6.07) is 0.570. The van der Waals surface area contributed by atoms with E-state index in [2.05, 4.69) is 17.2 Å². The van der Waals surface area contributed by atoms with Crippen molar-refractivity contribution in [2.45, 2.75) is 64.3 Å². The van der Waals surface area contributed by atoms with E-state index in [-0.39, 0.29) is 12.6 Å². The van der Waals surface area contributed by atoms with Crippen LogP contribution in [0.1, 0.15) is 58.3 Å². The van der Waals surface area contributed by atoms with Gasteiger partial charge in [-0.25, -0.2) is 14.4 Å². The lowest BCUT2D eigenvalue weighted by Crippen LogP contribution is -2.42. The molecule has 0 heterocycles. The first-order chi connectivity index (χ1) is 16.8. The Balaban J connectivity index is 3.49. The maximum absolute atomic E-state index is 11.7. The highest BCUT2D eigenvalue weighted by Crippen LogP contribution is 2.14. The van der Waals surface area contributed by atoms with E-state index in [4.69, 9.17) is 27.5 Å². The van der Waals surface area contributed by atoms with Crippen molar-refractivity contribution in [2.24, 2.45) is 0 Å². The summed E-state index contributed by atoms with van der Waals surface area (Å²) in [5, 5.41) is 5.44. The molecule has 204 valence electrons. The maximum atomic E-state index is 11.7. The Labute approximate surface area is 210 Å². The van der Waals surface area contributed by atoms with Gasteiger partial charge in [0.1, 0.15) is 0 Å². The molecule has 11 nitrogen and oxygen atoms in total. The molecule has 0 aromatic carbocycles. The number of ether oxygens (including phenoxy) is 3. The summed E-state index contributed by atoms with van der Waals surface area (Å²) in [7, 11) is 2.02. The molecule has 0 aliphatic rings. The average molecular weight is 521 g/mol. The van der Waals surface area contributed by atoms with Crippen LogP contribution in [0.2, 0.25) is 6.04 Å². The highest BCUT2D eigenvalue weighted by atomic mass is 28.4. The molecule has 0 radical (unpaired) electrons. The summed E-state index contributed by atoms with van der Waals surface area (Å²) in [5.41, 5.74) is 0.385. The van der Waals surface area contributed by atoms with Crippen LogP contribution >= 0.6 is 0 Å². The standard InChI is InChI=1S/C23H44N2O9Si/c1-20(2)21(26)32-16-11-8-12-17-33-22(27)24-14-9-6-7-10-15-25-23(28)34-18-13-19-35(29-3,30-4)31-5/h1,6-19H2,2-5H3,(H,24,27)(H,25,28). The molecule has 0 rings (SSSR count). The topological polar surface area (TPSA) is 131 Å². The van der Waals surface area contributed by atoms with Crippen LogP contribution in [0.5, 0.6) is 0 Å². The monoisotopic (exact) mass is 520 g/mol. The van der Waals surface area contributed by atoms with Crippen LogP contribution in [-0.4, -0.2) is 81.2 Å². The second-order valence-electron chi connectivity index (χ2n) is 7.92. The summed E-state index contributed by atoms with van der Waals surface area (Å²) < 4.78 is 31.2. The lowest BCUT2D eigenvalue weighted by Gasteiger charge is -2.24. The summed E-state index contributed by atoms with van der Waals surface area (Å²) in [4.78, 5) is 34.5. The lowest BCUT2D eigenvalue weighted by atomic mass is 10.2. The molecular formula is C23H44N2O9Si. The first-order valence-corrected chi connectivity index (χ1v) is 14.0. The Morgan fingerprint density at radius 3 is 1.54 bits per heavy atom. The van der Waals surface area contributed by atoms with Crippen molar-refractivity contribution in [1.29, 1.82) is 0 Å². The van der Waals surface area contributed by atoms with E-state index in [9.17, 15) is 14.4 Å². The second-order valence-corrected chi connectivity index (χ2v) is 11.0. The number of carbonyl (C=O) groups excluding carboxylic acids is 3. The smallest absolute Gasteiger partial charge is 0.462 e. The van der Waals surface area contributed by atoms with E-state index in [1.807, 2.05) is 0 Å². The lowest BCUT2D eigenvalue weighted by molar-refractivity contribution is -0.139. The van der Waals surface area contributed by atoms with Crippen molar-refractivity contribution >= 4 is 27.0 Å². The molecule has 0 fully saturated rings. The van der Waals surface area contributed by atoms with Crippen molar-refractivity contribution in [2.75, 3.05) is 54.2 Å². The number of esters is 1. The zero-order valence-corrected chi connectivity index (χ0v) is 22.8. The van der Waals surface area contributed by atoms with E-state index >= 15 is 0 Å². The quantitative estimate of drug-likeness (QED) is 0.0767. The van der Waals surface area contributed by atoms with Gasteiger partial charge in [0.2, 0.25) is 0 Å². The Kier molecular flexibility index (Phi) is 19.9. The van der Waals surface area contributed by atoms with Crippen LogP contribution in [0.3, 0.4) is 0 Å². The van der Waals surface area contributed by atoms with Crippen molar-refractivity contribution in [1.82, 2.24) is 10.6 Å². The van der Waals surface area contributed by atoms with Gasteiger partial charge in [0, 0.05) is 46.0 Å². The van der Waals surface area contributed by atoms with Crippen LogP contribution in [-0.2, 0) is 32.3 Å². The van der Waals surface area contributed by atoms with Crippen molar-refractivity contribution in [3.63, 3.8) is 0 Å². The van der Waals surface area contributed by atoms with Gasteiger partial charge in [-0.15, -0.1) is 0 Å². The van der Waals surface area contributed by atoms with E-state index in [0.29, 0.717) is 50.8 Å². The Bertz CT molecular complexity index is 608. The van der Waals surface area contributed by atoms with Crippen LogP contribution in [0.15, 0.2) is 12.2 Å². The zero-order valence-electron chi connectivity index (χ0n) is 21.8. The van der Waals surface area contributed by atoms with E-state index in [0.717, 1.165) is 38.5 Å². The van der Waals surface area contributed by atoms with Gasteiger partial charge in [-0.1, -0.05) is 19.4 Å². The molecule has 0 aliphatic heterocycles. The third-order valence-electron chi connectivity index (χ3n) is 5.04. The molecule has 2 N–H and O–H groups in total. The van der Waals surface area contributed by atoms with Gasteiger partial charge in [0.15, 0.2) is 0 Å². The number of carbonyl (C=O) groups is 3. The molecule has 0 saturated carbocycles. The molecule has 0 saturated heterocycles. The third kappa shape index (κ3) is 17.9. The third-order valence-corrected chi connectivity index (χ3v) is 7.87. The van der Waals surface area contributed by atoms with Crippen molar-refractivity contribution < 1.29 is 41.9 Å². The first-order valence-electron chi connectivity index (χ1n) is 12.1. The number of amides is 2. The number of hydrogen-bond donors (Lipinski definition) is 2. The van der Waals surface area contributed by atoms with Crippen molar-refractivity contribution in [3.8, 4) is 0 Å². The number of rotatable bonds is 21. The molecule has 0 bridgehead atoms. The minimum Gasteiger partial charge on any atom is -0.462 e. The highest BCUT2D eigenvalue weighted by molar-refractivity contribution is 6.60. The highest BCUT2D eigenvalue weighted by Gasteiger charge is 2.37. The molecule has 0 unspecified atom stereocenters. The Morgan fingerprint density at radius 2 is 1.09 bits per heavy atom. The zero-order chi connectivity index (χ0) is 26.4. The predicted molar refractivity (Wildman–Crippen MR) is 133 cm³/mol. The normalized spacial score (nSPS) is 11.0. The number of hydrogen-bond acceptors (Lipinski definition) is 9. The van der Waals surface area contributed by atoms with E-state index in [1.165, 1.54) is 0 Å². The fraction of sp³-hybridized carbons (Fsp3) is 0.783. The van der Waals surface area contributed by atoms with Gasteiger partial charge in [-0.2, -0.15) is 0 Å². The summed E-state index contributed by atoms with van der Waals surface area (Å²) >= 11 is 0. The maximum Gasteiger partial charge on any atom is 0.500 e. The fourth-order valence-electron chi connectivity index (χ4n) is 2.93. The molecule has 2 amide bonds. The minimum absolute atomic E-state index is 0.267. The van der Waals surface area contributed by atoms with Gasteiger partial charge in [-0.3, -0.25) is 0 Å². The van der Waals surface area contributed by atoms with Crippen molar-refractivity contribution in [3.05, 3.63) is 12.2 Å². The van der Waals surface area contributed by atoms with Crippen LogP contribution in [0, 0.1) is 0 Å².